The first-order valence-corrected chi connectivity index (χ1v) is 9.42. The largest absolute Gasteiger partial charge is 0.298 e. The summed E-state index contributed by atoms with van der Waals surface area (Å²) in [6, 6.07) is 12.8. The molecule has 2 aromatic carbocycles. The fourth-order valence-corrected chi connectivity index (χ4v) is 3.99. The molecule has 1 aromatic heterocycles. The van der Waals surface area contributed by atoms with Gasteiger partial charge in [0.1, 0.15) is 0 Å². The average Bonchev–Trinajstić information content (AvgIpc) is 3.21. The number of imide groups is 1. The number of nitrogens with one attached hydrogen (secondary N) is 1. The number of para-hydroxylation sites is 1. The monoisotopic (exact) mass is 379 g/mol. The third kappa shape index (κ3) is 3.46. The van der Waals surface area contributed by atoms with Crippen molar-refractivity contribution in [2.45, 2.75) is 26.3 Å². The molecule has 136 valence electrons. The molecule has 4 rings (SSSR count). The molecule has 1 aliphatic heterocycles. The molecule has 6 nitrogen and oxygen atoms in total. The lowest BCUT2D eigenvalue weighted by Crippen LogP contribution is -2.28. The molecule has 1 fully saturated rings. The second kappa shape index (κ2) is 6.92. The Kier molecular flexibility index (Phi) is 4.45. The third-order valence-electron chi connectivity index (χ3n) is 4.55. The van der Waals surface area contributed by atoms with Gasteiger partial charge >= 0.3 is 0 Å². The van der Waals surface area contributed by atoms with E-state index < -0.39 is 0 Å². The van der Waals surface area contributed by atoms with E-state index in [9.17, 15) is 14.4 Å². The Morgan fingerprint density at radius 3 is 2.48 bits per heavy atom. The predicted molar refractivity (Wildman–Crippen MR) is 104 cm³/mol. The van der Waals surface area contributed by atoms with Gasteiger partial charge in [0.05, 0.1) is 16.8 Å². The van der Waals surface area contributed by atoms with E-state index in [4.69, 9.17) is 0 Å². The Morgan fingerprint density at radius 2 is 1.81 bits per heavy atom. The van der Waals surface area contributed by atoms with Crippen LogP contribution in [0.1, 0.15) is 34.3 Å². The number of carbonyl (C=O) groups is 3. The van der Waals surface area contributed by atoms with E-state index >= 15 is 0 Å². The van der Waals surface area contributed by atoms with Gasteiger partial charge in [0.25, 0.3) is 5.91 Å². The molecule has 0 bridgehead atoms. The maximum absolute atomic E-state index is 12.5. The minimum absolute atomic E-state index is 0.145. The first-order chi connectivity index (χ1) is 13.0. The summed E-state index contributed by atoms with van der Waals surface area (Å²) in [5, 5.41) is 3.39. The van der Waals surface area contributed by atoms with Crippen LogP contribution in [0.25, 0.3) is 10.2 Å². The van der Waals surface area contributed by atoms with Crippen LogP contribution in [0, 0.1) is 6.92 Å². The van der Waals surface area contributed by atoms with Crippen LogP contribution in [0.3, 0.4) is 0 Å². The van der Waals surface area contributed by atoms with Crippen molar-refractivity contribution in [3.05, 3.63) is 59.2 Å². The lowest BCUT2D eigenvalue weighted by atomic mass is 10.1. The summed E-state index contributed by atoms with van der Waals surface area (Å²) >= 11 is 1.43. The first kappa shape index (κ1) is 17.4. The number of amides is 3. The molecule has 0 atom stereocenters. The highest BCUT2D eigenvalue weighted by molar-refractivity contribution is 7.22. The van der Waals surface area contributed by atoms with Gasteiger partial charge in [-0.3, -0.25) is 24.6 Å². The van der Waals surface area contributed by atoms with Gasteiger partial charge in [0.15, 0.2) is 5.13 Å². The van der Waals surface area contributed by atoms with E-state index in [0.29, 0.717) is 10.7 Å². The van der Waals surface area contributed by atoms with Gasteiger partial charge in [0, 0.05) is 18.4 Å². The number of thiazole rings is 1. The molecule has 3 aromatic rings. The Bertz CT molecular complexity index is 1040. The normalized spacial score (nSPS) is 14.2. The van der Waals surface area contributed by atoms with Crippen molar-refractivity contribution in [1.82, 2.24) is 9.88 Å². The van der Waals surface area contributed by atoms with E-state index in [1.54, 1.807) is 24.3 Å². The lowest BCUT2D eigenvalue weighted by Gasteiger charge is -2.13. The highest BCUT2D eigenvalue weighted by atomic mass is 32.1. The minimum atomic E-state index is -0.244. The fourth-order valence-electron chi connectivity index (χ4n) is 3.05. The number of likely N-dealkylation sites (tertiary alicyclic amines) is 1. The highest BCUT2D eigenvalue weighted by Crippen LogP contribution is 2.28. The van der Waals surface area contributed by atoms with Crippen LogP contribution in [0.4, 0.5) is 5.13 Å². The number of carbonyl (C=O) groups excluding carboxylic acids is 3. The lowest BCUT2D eigenvalue weighted by molar-refractivity contribution is -0.139. The van der Waals surface area contributed by atoms with Gasteiger partial charge in [-0.05, 0) is 36.2 Å². The molecular weight excluding hydrogens is 362 g/mol. The standard InChI is InChI=1S/C20H17N3O3S/c1-12-3-2-4-15-18(12)21-20(27-15)22-19(26)14-7-5-13(6-8-14)11-23-16(24)9-10-17(23)25/h2-8H,9-11H2,1H3,(H,21,22,26). The fraction of sp³-hybridized carbons (Fsp3) is 0.200. The van der Waals surface area contributed by atoms with E-state index in [0.717, 1.165) is 21.3 Å². The van der Waals surface area contributed by atoms with Crippen molar-refractivity contribution in [3.8, 4) is 0 Å². The van der Waals surface area contributed by atoms with Gasteiger partial charge in [-0.2, -0.15) is 0 Å². The molecule has 3 amide bonds. The zero-order valence-corrected chi connectivity index (χ0v) is 15.5. The summed E-state index contributed by atoms with van der Waals surface area (Å²) in [7, 11) is 0. The smallest absolute Gasteiger partial charge is 0.257 e. The molecule has 0 radical (unpaired) electrons. The topological polar surface area (TPSA) is 79.4 Å². The van der Waals surface area contributed by atoms with Crippen LogP contribution in [0.5, 0.6) is 0 Å². The molecule has 0 aliphatic carbocycles. The Morgan fingerprint density at radius 1 is 1.11 bits per heavy atom. The summed E-state index contributed by atoms with van der Waals surface area (Å²) in [5.74, 6) is -0.535. The van der Waals surface area contributed by atoms with Crippen LogP contribution >= 0.6 is 11.3 Å². The molecule has 1 saturated heterocycles. The molecule has 27 heavy (non-hydrogen) atoms. The maximum atomic E-state index is 12.5. The summed E-state index contributed by atoms with van der Waals surface area (Å²) in [4.78, 5) is 41.6. The highest BCUT2D eigenvalue weighted by Gasteiger charge is 2.28. The number of aryl methyl sites for hydroxylation is 1. The molecular formula is C20H17N3O3S. The number of anilines is 1. The number of aromatic nitrogens is 1. The predicted octanol–water partition coefficient (Wildman–Crippen LogP) is 3.51. The molecule has 7 heteroatoms. The number of nitrogens with zero attached hydrogens (tertiary/aromatic N) is 2. The van der Waals surface area contributed by atoms with Gasteiger partial charge in [0.2, 0.25) is 11.8 Å². The van der Waals surface area contributed by atoms with Gasteiger partial charge < -0.3 is 0 Å². The second-order valence-electron chi connectivity index (χ2n) is 6.47. The summed E-state index contributed by atoms with van der Waals surface area (Å²) in [6.45, 7) is 2.24. The van der Waals surface area contributed by atoms with Crippen LogP contribution in [-0.2, 0) is 16.1 Å². The molecule has 2 heterocycles. The molecule has 0 unspecified atom stereocenters. The average molecular weight is 379 g/mol. The zero-order valence-electron chi connectivity index (χ0n) is 14.7. The van der Waals surface area contributed by atoms with Crippen LogP contribution in [0.15, 0.2) is 42.5 Å². The first-order valence-electron chi connectivity index (χ1n) is 8.61. The second-order valence-corrected chi connectivity index (χ2v) is 7.50. The van der Waals surface area contributed by atoms with Crippen molar-refractivity contribution >= 4 is 44.4 Å². The van der Waals surface area contributed by atoms with Crippen molar-refractivity contribution < 1.29 is 14.4 Å². The van der Waals surface area contributed by atoms with Crippen molar-refractivity contribution in [2.24, 2.45) is 0 Å². The van der Waals surface area contributed by atoms with E-state index in [2.05, 4.69) is 10.3 Å². The van der Waals surface area contributed by atoms with E-state index in [1.165, 1.54) is 16.2 Å². The minimum Gasteiger partial charge on any atom is -0.298 e. The Balaban J connectivity index is 1.46. The number of rotatable bonds is 4. The zero-order chi connectivity index (χ0) is 19.0. The van der Waals surface area contributed by atoms with E-state index in [1.807, 2.05) is 25.1 Å². The van der Waals surface area contributed by atoms with Crippen LogP contribution in [0.2, 0.25) is 0 Å². The van der Waals surface area contributed by atoms with Gasteiger partial charge in [-0.1, -0.05) is 35.6 Å². The van der Waals surface area contributed by atoms with Crippen LogP contribution < -0.4 is 5.32 Å². The Labute approximate surface area is 159 Å². The number of benzene rings is 2. The number of hydrogen-bond acceptors (Lipinski definition) is 5. The summed E-state index contributed by atoms with van der Waals surface area (Å²) in [6.07, 6.45) is 0.557. The number of hydrogen-bond donors (Lipinski definition) is 1. The molecule has 1 N–H and O–H groups in total. The quantitative estimate of drug-likeness (QED) is 0.704. The SMILES string of the molecule is Cc1cccc2sc(NC(=O)c3ccc(CN4C(=O)CCC4=O)cc3)nc12. The van der Waals surface area contributed by atoms with Crippen molar-refractivity contribution in [3.63, 3.8) is 0 Å². The summed E-state index contributed by atoms with van der Waals surface area (Å²) in [5.41, 5.74) is 3.27. The Hall–Kier alpha value is -3.06. The molecule has 0 saturated carbocycles. The molecule has 0 spiro atoms. The maximum Gasteiger partial charge on any atom is 0.257 e. The van der Waals surface area contributed by atoms with E-state index in [-0.39, 0.29) is 37.1 Å². The van der Waals surface area contributed by atoms with Gasteiger partial charge in [-0.25, -0.2) is 4.98 Å². The number of fused-ring (bicyclic) bond motifs is 1. The van der Waals surface area contributed by atoms with Crippen molar-refractivity contribution in [2.75, 3.05) is 5.32 Å². The van der Waals surface area contributed by atoms with Crippen LogP contribution in [-0.4, -0.2) is 27.6 Å². The summed E-state index contributed by atoms with van der Waals surface area (Å²) < 4.78 is 1.03. The third-order valence-corrected chi connectivity index (χ3v) is 5.49. The molecule has 1 aliphatic rings. The van der Waals surface area contributed by atoms with Gasteiger partial charge in [-0.15, -0.1) is 0 Å². The van der Waals surface area contributed by atoms with Crippen molar-refractivity contribution in [1.29, 1.82) is 0 Å².